The molecule has 1 unspecified atom stereocenters. The van der Waals surface area contributed by atoms with E-state index in [4.69, 9.17) is 0 Å². The summed E-state index contributed by atoms with van der Waals surface area (Å²) < 4.78 is 27.2. The number of sulfonamides is 1. The summed E-state index contributed by atoms with van der Waals surface area (Å²) in [6, 6.07) is 6.33. The van der Waals surface area contributed by atoms with Gasteiger partial charge in [0.2, 0.25) is 15.9 Å². The average Bonchev–Trinajstić information content (AvgIpc) is 2.69. The number of likely N-dealkylation sites (N-methyl/N-ethyl adjacent to an activating group) is 1. The number of nitrogens with one attached hydrogen (secondary N) is 1. The Kier molecular flexibility index (Phi) is 8.26. The second kappa shape index (κ2) is 10.2. The highest BCUT2D eigenvalue weighted by molar-refractivity contribution is 7.89. The van der Waals surface area contributed by atoms with E-state index in [0.29, 0.717) is 18.8 Å². The third kappa shape index (κ3) is 5.77. The van der Waals surface area contributed by atoms with Crippen molar-refractivity contribution in [3.8, 4) is 0 Å². The molecule has 1 fully saturated rings. The van der Waals surface area contributed by atoms with Gasteiger partial charge in [-0.1, -0.05) is 32.8 Å². The minimum absolute atomic E-state index is 0.111. The largest absolute Gasteiger partial charge is 0.325 e. The molecule has 0 saturated carbocycles. The molecule has 1 atom stereocenters. The summed E-state index contributed by atoms with van der Waals surface area (Å²) in [5, 5.41) is 2.88. The van der Waals surface area contributed by atoms with Crippen LogP contribution in [0.2, 0.25) is 0 Å². The fourth-order valence-corrected chi connectivity index (χ4v) is 4.95. The van der Waals surface area contributed by atoms with Gasteiger partial charge >= 0.3 is 0 Å². The molecule has 0 aromatic heterocycles. The Morgan fingerprint density at radius 2 is 1.93 bits per heavy atom. The molecular weight excluding hydrogens is 362 g/mol. The number of amides is 1. The molecule has 0 bridgehead atoms. The molecule has 1 N–H and O–H groups in total. The summed E-state index contributed by atoms with van der Waals surface area (Å²) in [5.41, 5.74) is 0.525. The number of unbranched alkanes of at least 4 members (excludes halogenated alkanes) is 1. The average molecular weight is 396 g/mol. The number of hydrogen-bond acceptors (Lipinski definition) is 4. The molecule has 2 rings (SSSR count). The van der Waals surface area contributed by atoms with Gasteiger partial charge in [-0.3, -0.25) is 9.69 Å². The Hall–Kier alpha value is -1.44. The van der Waals surface area contributed by atoms with Crippen molar-refractivity contribution in [2.75, 3.05) is 31.5 Å². The van der Waals surface area contributed by atoms with E-state index in [0.717, 1.165) is 45.2 Å². The molecule has 0 aliphatic carbocycles. The topological polar surface area (TPSA) is 69.7 Å². The molecule has 1 aromatic rings. The smallest absolute Gasteiger partial charge is 0.243 e. The van der Waals surface area contributed by atoms with Gasteiger partial charge in [0.05, 0.1) is 10.9 Å². The number of rotatable bonds is 9. The van der Waals surface area contributed by atoms with Gasteiger partial charge in [0.1, 0.15) is 0 Å². The number of carbonyl (C=O) groups excluding carboxylic acids is 1. The lowest BCUT2D eigenvalue weighted by Crippen LogP contribution is -2.42. The first-order valence-electron chi connectivity index (χ1n) is 10.0. The fourth-order valence-electron chi connectivity index (χ4n) is 3.39. The van der Waals surface area contributed by atoms with Crippen molar-refractivity contribution in [1.82, 2.24) is 9.21 Å². The second-order valence-electron chi connectivity index (χ2n) is 7.14. The number of piperidine rings is 1. The first kappa shape index (κ1) is 21.9. The maximum absolute atomic E-state index is 12.8. The molecule has 1 aliphatic heterocycles. The van der Waals surface area contributed by atoms with Gasteiger partial charge in [0.25, 0.3) is 0 Å². The van der Waals surface area contributed by atoms with Crippen molar-refractivity contribution in [2.24, 2.45) is 0 Å². The van der Waals surface area contributed by atoms with Crippen LogP contribution in [-0.4, -0.2) is 55.8 Å². The van der Waals surface area contributed by atoms with Crippen LogP contribution in [0.15, 0.2) is 29.2 Å². The van der Waals surface area contributed by atoms with E-state index in [2.05, 4.69) is 17.1 Å². The van der Waals surface area contributed by atoms with Crippen LogP contribution in [0.5, 0.6) is 0 Å². The van der Waals surface area contributed by atoms with Crippen molar-refractivity contribution in [3.63, 3.8) is 0 Å². The predicted octanol–water partition coefficient (Wildman–Crippen LogP) is 3.31. The molecule has 1 amide bonds. The minimum atomic E-state index is -3.50. The number of nitrogens with zero attached hydrogens (tertiary/aromatic N) is 2. The van der Waals surface area contributed by atoms with Crippen molar-refractivity contribution in [2.45, 2.75) is 63.8 Å². The van der Waals surface area contributed by atoms with Crippen LogP contribution in [0, 0.1) is 0 Å². The lowest BCUT2D eigenvalue weighted by molar-refractivity contribution is -0.120. The van der Waals surface area contributed by atoms with Crippen LogP contribution >= 0.6 is 0 Å². The lowest BCUT2D eigenvalue weighted by atomic mass is 10.2. The zero-order chi connectivity index (χ0) is 19.9. The molecule has 0 radical (unpaired) electrons. The molecule has 1 aromatic carbocycles. The van der Waals surface area contributed by atoms with Crippen LogP contribution in [0.25, 0.3) is 0 Å². The maximum atomic E-state index is 12.8. The predicted molar refractivity (Wildman–Crippen MR) is 109 cm³/mol. The Labute approximate surface area is 164 Å². The van der Waals surface area contributed by atoms with Crippen LogP contribution in [-0.2, 0) is 14.8 Å². The van der Waals surface area contributed by atoms with Gasteiger partial charge in [-0.15, -0.1) is 0 Å². The summed E-state index contributed by atoms with van der Waals surface area (Å²) in [7, 11) is -3.50. The minimum Gasteiger partial charge on any atom is -0.325 e. The van der Waals surface area contributed by atoms with E-state index in [-0.39, 0.29) is 16.8 Å². The van der Waals surface area contributed by atoms with E-state index in [1.165, 1.54) is 0 Å². The first-order valence-corrected chi connectivity index (χ1v) is 11.5. The fraction of sp³-hybridized carbons (Fsp3) is 0.650. The third-order valence-electron chi connectivity index (χ3n) is 5.19. The van der Waals surface area contributed by atoms with Gasteiger partial charge in [0, 0.05) is 18.8 Å². The SMILES string of the molecule is CCCCN(CC)C(C)C(=O)Nc1cccc(S(=O)(=O)N2CCCCC2)c1. The highest BCUT2D eigenvalue weighted by Crippen LogP contribution is 2.23. The van der Waals surface area contributed by atoms with Crippen LogP contribution in [0.1, 0.15) is 52.9 Å². The molecular formula is C20H33N3O3S. The van der Waals surface area contributed by atoms with Crippen LogP contribution in [0.3, 0.4) is 0 Å². The lowest BCUT2D eigenvalue weighted by Gasteiger charge is -2.27. The van der Waals surface area contributed by atoms with E-state index in [1.807, 2.05) is 13.8 Å². The highest BCUT2D eigenvalue weighted by Gasteiger charge is 2.26. The standard InChI is InChI=1S/C20H33N3O3S/c1-4-6-13-22(5-2)17(3)20(24)21-18-11-10-12-19(16-18)27(25,26)23-14-8-7-9-15-23/h10-12,16-17H,4-9,13-15H2,1-3H3,(H,21,24). The van der Waals surface area contributed by atoms with E-state index < -0.39 is 10.0 Å². The Morgan fingerprint density at radius 1 is 1.22 bits per heavy atom. The van der Waals surface area contributed by atoms with Gasteiger partial charge < -0.3 is 5.32 Å². The quantitative estimate of drug-likeness (QED) is 0.696. The Bertz CT molecular complexity index is 715. The van der Waals surface area contributed by atoms with Crippen molar-refractivity contribution >= 4 is 21.6 Å². The van der Waals surface area contributed by atoms with Crippen LogP contribution in [0.4, 0.5) is 5.69 Å². The molecule has 1 heterocycles. The van der Waals surface area contributed by atoms with Crippen molar-refractivity contribution in [3.05, 3.63) is 24.3 Å². The van der Waals surface area contributed by atoms with E-state index in [9.17, 15) is 13.2 Å². The monoisotopic (exact) mass is 395 g/mol. The van der Waals surface area contributed by atoms with E-state index >= 15 is 0 Å². The third-order valence-corrected chi connectivity index (χ3v) is 7.08. The van der Waals surface area contributed by atoms with E-state index in [1.54, 1.807) is 28.6 Å². The summed E-state index contributed by atoms with van der Waals surface area (Å²) >= 11 is 0. The van der Waals surface area contributed by atoms with Crippen molar-refractivity contribution in [1.29, 1.82) is 0 Å². The zero-order valence-electron chi connectivity index (χ0n) is 16.8. The summed E-state index contributed by atoms with van der Waals surface area (Å²) in [6.07, 6.45) is 5.01. The normalized spacial score (nSPS) is 17.0. The molecule has 0 spiro atoms. The molecule has 27 heavy (non-hydrogen) atoms. The molecule has 6 nitrogen and oxygen atoms in total. The Balaban J connectivity index is 2.09. The number of hydrogen-bond donors (Lipinski definition) is 1. The number of carbonyl (C=O) groups is 1. The van der Waals surface area contributed by atoms with Gasteiger partial charge in [-0.05, 0) is 57.5 Å². The van der Waals surface area contributed by atoms with Gasteiger partial charge in [-0.2, -0.15) is 4.31 Å². The summed E-state index contributed by atoms with van der Waals surface area (Å²) in [6.45, 7) is 8.89. The summed E-state index contributed by atoms with van der Waals surface area (Å²) in [5.74, 6) is -0.111. The second-order valence-corrected chi connectivity index (χ2v) is 9.08. The Morgan fingerprint density at radius 3 is 2.56 bits per heavy atom. The van der Waals surface area contributed by atoms with Crippen molar-refractivity contribution < 1.29 is 13.2 Å². The summed E-state index contributed by atoms with van der Waals surface area (Å²) in [4.78, 5) is 15.0. The van der Waals surface area contributed by atoms with Crippen LogP contribution < -0.4 is 5.32 Å². The number of anilines is 1. The molecule has 7 heteroatoms. The molecule has 1 aliphatic rings. The van der Waals surface area contributed by atoms with Gasteiger partial charge in [-0.25, -0.2) is 8.42 Å². The molecule has 152 valence electrons. The maximum Gasteiger partial charge on any atom is 0.243 e. The zero-order valence-corrected chi connectivity index (χ0v) is 17.6. The highest BCUT2D eigenvalue weighted by atomic mass is 32.2. The van der Waals surface area contributed by atoms with Gasteiger partial charge in [0.15, 0.2) is 0 Å². The molecule has 1 saturated heterocycles. The number of benzene rings is 1. The first-order chi connectivity index (χ1) is 12.9.